The van der Waals surface area contributed by atoms with E-state index in [2.05, 4.69) is 15.2 Å². The highest BCUT2D eigenvalue weighted by molar-refractivity contribution is 5.65. The number of hydrogen-bond donors (Lipinski definition) is 3. The number of nitrogens with one attached hydrogen (secondary N) is 2. The van der Waals surface area contributed by atoms with Gasteiger partial charge >= 0.3 is 0 Å². The van der Waals surface area contributed by atoms with Gasteiger partial charge in [0.2, 0.25) is 0 Å². The number of anilines is 2. The Morgan fingerprint density at radius 1 is 1.38 bits per heavy atom. The SMILES string of the molecule is Cc1cc(N)c(N2CCNCC2)[nH]1. The highest BCUT2D eigenvalue weighted by Gasteiger charge is 2.14. The second kappa shape index (κ2) is 3.30. The third-order valence-corrected chi connectivity index (χ3v) is 2.39. The van der Waals surface area contributed by atoms with Crippen LogP contribution in [-0.4, -0.2) is 31.2 Å². The Bertz CT molecular complexity index is 286. The topological polar surface area (TPSA) is 57.1 Å². The molecule has 2 rings (SSSR count). The lowest BCUT2D eigenvalue weighted by molar-refractivity contribution is 0.586. The van der Waals surface area contributed by atoms with E-state index in [9.17, 15) is 0 Å². The van der Waals surface area contributed by atoms with Crippen molar-refractivity contribution in [2.75, 3.05) is 36.8 Å². The Hall–Kier alpha value is -1.16. The molecule has 13 heavy (non-hydrogen) atoms. The highest BCUT2D eigenvalue weighted by Crippen LogP contribution is 2.22. The van der Waals surface area contributed by atoms with Crippen molar-refractivity contribution in [1.82, 2.24) is 10.3 Å². The largest absolute Gasteiger partial charge is 0.396 e. The zero-order valence-electron chi connectivity index (χ0n) is 7.93. The fourth-order valence-electron chi connectivity index (χ4n) is 1.75. The maximum Gasteiger partial charge on any atom is 0.129 e. The van der Waals surface area contributed by atoms with E-state index in [1.807, 2.05) is 13.0 Å². The summed E-state index contributed by atoms with van der Waals surface area (Å²) in [6, 6.07) is 1.98. The molecule has 1 aromatic heterocycles. The van der Waals surface area contributed by atoms with Crippen molar-refractivity contribution in [3.8, 4) is 0 Å². The molecule has 0 atom stereocenters. The van der Waals surface area contributed by atoms with Crippen LogP contribution in [-0.2, 0) is 0 Å². The molecule has 0 radical (unpaired) electrons. The molecule has 4 heteroatoms. The van der Waals surface area contributed by atoms with Crippen molar-refractivity contribution < 1.29 is 0 Å². The van der Waals surface area contributed by atoms with Crippen LogP contribution in [0.4, 0.5) is 11.5 Å². The summed E-state index contributed by atoms with van der Waals surface area (Å²) < 4.78 is 0. The molecular weight excluding hydrogens is 164 g/mol. The first-order chi connectivity index (χ1) is 6.27. The number of aromatic amines is 1. The maximum absolute atomic E-state index is 5.88. The second-order valence-electron chi connectivity index (χ2n) is 3.49. The average molecular weight is 180 g/mol. The highest BCUT2D eigenvalue weighted by atomic mass is 15.2. The number of piperazine rings is 1. The minimum Gasteiger partial charge on any atom is -0.396 e. The Labute approximate surface area is 78.1 Å². The summed E-state index contributed by atoms with van der Waals surface area (Å²) in [6.45, 7) is 6.17. The van der Waals surface area contributed by atoms with E-state index < -0.39 is 0 Å². The molecule has 0 aliphatic carbocycles. The standard InChI is InChI=1S/C9H16N4/c1-7-6-8(10)9(12-7)13-4-2-11-3-5-13/h6,11-12H,2-5,10H2,1H3. The smallest absolute Gasteiger partial charge is 0.129 e. The molecule has 4 N–H and O–H groups in total. The quantitative estimate of drug-likeness (QED) is 0.583. The van der Waals surface area contributed by atoms with Crippen LogP contribution < -0.4 is 16.0 Å². The Morgan fingerprint density at radius 2 is 2.08 bits per heavy atom. The molecule has 0 saturated carbocycles. The summed E-state index contributed by atoms with van der Waals surface area (Å²) in [5, 5.41) is 3.31. The summed E-state index contributed by atoms with van der Waals surface area (Å²) in [4.78, 5) is 5.58. The number of H-pyrrole nitrogens is 1. The molecule has 0 unspecified atom stereocenters. The predicted octanol–water partition coefficient (Wildman–Crippen LogP) is 0.315. The maximum atomic E-state index is 5.88. The first-order valence-corrected chi connectivity index (χ1v) is 4.68. The van der Waals surface area contributed by atoms with E-state index >= 15 is 0 Å². The number of nitrogens with two attached hydrogens (primary N) is 1. The molecule has 72 valence electrons. The molecule has 0 spiro atoms. The van der Waals surface area contributed by atoms with Gasteiger partial charge in [0.25, 0.3) is 0 Å². The molecule has 4 nitrogen and oxygen atoms in total. The molecule has 1 aromatic rings. The van der Waals surface area contributed by atoms with Crippen molar-refractivity contribution in [2.45, 2.75) is 6.92 Å². The van der Waals surface area contributed by atoms with Crippen molar-refractivity contribution in [2.24, 2.45) is 0 Å². The van der Waals surface area contributed by atoms with E-state index in [0.29, 0.717) is 0 Å². The van der Waals surface area contributed by atoms with Crippen LogP contribution in [0, 0.1) is 6.92 Å². The lowest BCUT2D eigenvalue weighted by Crippen LogP contribution is -2.43. The fourth-order valence-corrected chi connectivity index (χ4v) is 1.75. The summed E-state index contributed by atoms with van der Waals surface area (Å²) in [5.41, 5.74) is 7.87. The third-order valence-electron chi connectivity index (χ3n) is 2.39. The lowest BCUT2D eigenvalue weighted by atomic mass is 10.3. The van der Waals surface area contributed by atoms with Crippen molar-refractivity contribution in [3.63, 3.8) is 0 Å². The van der Waals surface area contributed by atoms with Crippen LogP contribution in [0.5, 0.6) is 0 Å². The van der Waals surface area contributed by atoms with Crippen LogP contribution in [0.1, 0.15) is 5.69 Å². The van der Waals surface area contributed by atoms with Crippen molar-refractivity contribution in [3.05, 3.63) is 11.8 Å². The van der Waals surface area contributed by atoms with Gasteiger partial charge in [-0.05, 0) is 13.0 Å². The molecule has 2 heterocycles. The van der Waals surface area contributed by atoms with Crippen LogP contribution in [0.3, 0.4) is 0 Å². The van der Waals surface area contributed by atoms with E-state index in [4.69, 9.17) is 5.73 Å². The summed E-state index contributed by atoms with van der Waals surface area (Å²) in [7, 11) is 0. The van der Waals surface area contributed by atoms with E-state index in [1.165, 1.54) is 0 Å². The van der Waals surface area contributed by atoms with Gasteiger partial charge in [0.05, 0.1) is 5.69 Å². The van der Waals surface area contributed by atoms with Gasteiger partial charge in [-0.15, -0.1) is 0 Å². The van der Waals surface area contributed by atoms with Gasteiger partial charge < -0.3 is 20.9 Å². The molecule has 1 aliphatic rings. The number of nitrogens with zero attached hydrogens (tertiary/aromatic N) is 1. The van der Waals surface area contributed by atoms with Crippen LogP contribution in [0.2, 0.25) is 0 Å². The molecule has 1 fully saturated rings. The van der Waals surface area contributed by atoms with Gasteiger partial charge in [-0.25, -0.2) is 0 Å². The van der Waals surface area contributed by atoms with Gasteiger partial charge in [0.1, 0.15) is 5.82 Å². The van der Waals surface area contributed by atoms with Gasteiger partial charge in [-0.3, -0.25) is 0 Å². The van der Waals surface area contributed by atoms with Crippen LogP contribution in [0.25, 0.3) is 0 Å². The van der Waals surface area contributed by atoms with Gasteiger partial charge in [0.15, 0.2) is 0 Å². The molecule has 0 aromatic carbocycles. The van der Waals surface area contributed by atoms with Crippen molar-refractivity contribution >= 4 is 11.5 Å². The van der Waals surface area contributed by atoms with E-state index in [0.717, 1.165) is 43.4 Å². The zero-order valence-corrected chi connectivity index (χ0v) is 7.93. The van der Waals surface area contributed by atoms with Gasteiger partial charge in [-0.1, -0.05) is 0 Å². The molecular formula is C9H16N4. The summed E-state index contributed by atoms with van der Waals surface area (Å²) in [6.07, 6.45) is 0. The number of rotatable bonds is 1. The number of aromatic nitrogens is 1. The fraction of sp³-hybridized carbons (Fsp3) is 0.556. The van der Waals surface area contributed by atoms with Gasteiger partial charge in [0, 0.05) is 31.9 Å². The van der Waals surface area contributed by atoms with Crippen LogP contribution >= 0.6 is 0 Å². The van der Waals surface area contributed by atoms with E-state index in [-0.39, 0.29) is 0 Å². The monoisotopic (exact) mass is 180 g/mol. The minimum absolute atomic E-state index is 0.861. The zero-order chi connectivity index (χ0) is 9.26. The number of hydrogen-bond acceptors (Lipinski definition) is 3. The number of nitrogen functional groups attached to an aromatic ring is 1. The first-order valence-electron chi connectivity index (χ1n) is 4.68. The average Bonchev–Trinajstić information content (AvgIpc) is 2.47. The van der Waals surface area contributed by atoms with E-state index in [1.54, 1.807) is 0 Å². The molecule has 1 saturated heterocycles. The van der Waals surface area contributed by atoms with Crippen molar-refractivity contribution in [1.29, 1.82) is 0 Å². The second-order valence-corrected chi connectivity index (χ2v) is 3.49. The summed E-state index contributed by atoms with van der Waals surface area (Å²) >= 11 is 0. The number of aryl methyl sites for hydroxylation is 1. The molecule has 0 amide bonds. The lowest BCUT2D eigenvalue weighted by Gasteiger charge is -2.28. The normalized spacial score (nSPS) is 17.8. The van der Waals surface area contributed by atoms with Crippen LogP contribution in [0.15, 0.2) is 6.07 Å². The Kier molecular flexibility index (Phi) is 2.14. The summed E-state index contributed by atoms with van der Waals surface area (Å²) in [5.74, 6) is 1.08. The third kappa shape index (κ3) is 1.62. The molecule has 1 aliphatic heterocycles. The first kappa shape index (κ1) is 8.44. The minimum atomic E-state index is 0.861. The molecule has 0 bridgehead atoms. The van der Waals surface area contributed by atoms with Gasteiger partial charge in [-0.2, -0.15) is 0 Å². The Morgan fingerprint density at radius 3 is 2.62 bits per heavy atom. The Balaban J connectivity index is 2.18. The predicted molar refractivity (Wildman–Crippen MR) is 55.0 cm³/mol.